The molecule has 1 aromatic rings. The van der Waals surface area contributed by atoms with Gasteiger partial charge in [-0.3, -0.25) is 0 Å². The van der Waals surface area contributed by atoms with Crippen LogP contribution in [0.15, 0.2) is 23.1 Å². The van der Waals surface area contributed by atoms with E-state index in [0.29, 0.717) is 12.6 Å². The topological polar surface area (TPSA) is 49.4 Å². The quantitative estimate of drug-likeness (QED) is 0.900. The van der Waals surface area contributed by atoms with Gasteiger partial charge in [-0.25, -0.2) is 17.2 Å². The molecular formula is C13H16F2N2O2S. The molecule has 0 aliphatic carbocycles. The highest BCUT2D eigenvalue weighted by atomic mass is 32.2. The number of sulfonamides is 1. The van der Waals surface area contributed by atoms with Gasteiger partial charge in [-0.15, -0.1) is 0 Å². The van der Waals surface area contributed by atoms with Gasteiger partial charge in [0.15, 0.2) is 0 Å². The molecule has 2 saturated heterocycles. The van der Waals surface area contributed by atoms with Gasteiger partial charge in [-0.2, -0.15) is 4.31 Å². The second kappa shape index (κ2) is 5.05. The van der Waals surface area contributed by atoms with Crippen molar-refractivity contribution in [3.63, 3.8) is 0 Å². The lowest BCUT2D eigenvalue weighted by Gasteiger charge is -2.27. The minimum absolute atomic E-state index is 0.0931. The Labute approximate surface area is 116 Å². The third-order valence-corrected chi connectivity index (χ3v) is 6.07. The molecule has 0 spiro atoms. The van der Waals surface area contributed by atoms with E-state index in [1.165, 1.54) is 4.31 Å². The summed E-state index contributed by atoms with van der Waals surface area (Å²) < 4.78 is 53.5. The molecule has 1 N–H and O–H groups in total. The highest BCUT2D eigenvalue weighted by Crippen LogP contribution is 2.34. The first-order valence-electron chi connectivity index (χ1n) is 6.69. The molecule has 2 atom stereocenters. The first kappa shape index (κ1) is 13.9. The molecule has 0 saturated carbocycles. The van der Waals surface area contributed by atoms with E-state index in [1.807, 2.05) is 0 Å². The molecule has 7 heteroatoms. The predicted molar refractivity (Wildman–Crippen MR) is 69.7 cm³/mol. The summed E-state index contributed by atoms with van der Waals surface area (Å²) in [4.78, 5) is -0.433. The monoisotopic (exact) mass is 302 g/mol. The first-order valence-corrected chi connectivity index (χ1v) is 8.13. The Morgan fingerprint density at radius 2 is 1.90 bits per heavy atom. The van der Waals surface area contributed by atoms with Crippen molar-refractivity contribution in [3.05, 3.63) is 29.8 Å². The van der Waals surface area contributed by atoms with E-state index in [1.54, 1.807) is 0 Å². The van der Waals surface area contributed by atoms with Gasteiger partial charge in [0.25, 0.3) is 0 Å². The van der Waals surface area contributed by atoms with Crippen molar-refractivity contribution >= 4 is 10.0 Å². The van der Waals surface area contributed by atoms with Crippen LogP contribution in [0.25, 0.3) is 0 Å². The smallest absolute Gasteiger partial charge is 0.246 e. The number of benzene rings is 1. The van der Waals surface area contributed by atoms with Crippen LogP contribution in [0.4, 0.5) is 8.78 Å². The predicted octanol–water partition coefficient (Wildman–Crippen LogP) is 1.48. The molecule has 2 aliphatic heterocycles. The zero-order valence-electron chi connectivity index (χ0n) is 10.9. The van der Waals surface area contributed by atoms with Crippen LogP contribution >= 0.6 is 0 Å². The highest BCUT2D eigenvalue weighted by molar-refractivity contribution is 7.89. The van der Waals surface area contributed by atoms with Crippen molar-refractivity contribution in [1.29, 1.82) is 0 Å². The van der Waals surface area contributed by atoms with Crippen LogP contribution in [0.3, 0.4) is 0 Å². The second-order valence-electron chi connectivity index (χ2n) is 5.29. The molecule has 2 fully saturated rings. The Morgan fingerprint density at radius 1 is 1.15 bits per heavy atom. The number of rotatable bonds is 2. The van der Waals surface area contributed by atoms with Gasteiger partial charge in [0.1, 0.15) is 16.5 Å². The van der Waals surface area contributed by atoms with Crippen molar-refractivity contribution in [2.24, 2.45) is 0 Å². The van der Waals surface area contributed by atoms with Crippen LogP contribution in [0, 0.1) is 11.6 Å². The van der Waals surface area contributed by atoms with Crippen LogP contribution in [0.5, 0.6) is 0 Å². The third-order valence-electron chi connectivity index (χ3n) is 4.04. The fraction of sp³-hybridized carbons (Fsp3) is 0.538. The molecule has 110 valence electrons. The van der Waals surface area contributed by atoms with Crippen LogP contribution in [-0.2, 0) is 10.0 Å². The summed E-state index contributed by atoms with van der Waals surface area (Å²) >= 11 is 0. The number of hydrogen-bond acceptors (Lipinski definition) is 3. The lowest BCUT2D eigenvalue weighted by molar-refractivity contribution is 0.332. The van der Waals surface area contributed by atoms with E-state index in [9.17, 15) is 17.2 Å². The highest BCUT2D eigenvalue weighted by Gasteiger charge is 2.43. The Balaban J connectivity index is 2.03. The third kappa shape index (κ3) is 2.23. The normalized spacial score (nSPS) is 27.5. The largest absolute Gasteiger partial charge is 0.315 e. The van der Waals surface area contributed by atoms with Gasteiger partial charge in [0, 0.05) is 24.7 Å². The maximum absolute atomic E-state index is 13.8. The Bertz CT molecular complexity index is 607. The maximum atomic E-state index is 13.8. The fourth-order valence-corrected chi connectivity index (χ4v) is 5.08. The summed E-state index contributed by atoms with van der Waals surface area (Å²) in [7, 11) is -3.92. The van der Waals surface area contributed by atoms with Crippen molar-refractivity contribution in [1.82, 2.24) is 9.62 Å². The molecule has 0 radical (unpaired) electrons. The summed E-state index contributed by atoms with van der Waals surface area (Å²) in [5.74, 6) is -1.80. The minimum atomic E-state index is -3.92. The zero-order chi connectivity index (χ0) is 14.3. The Hall–Kier alpha value is -1.05. The molecule has 2 bridgehead atoms. The minimum Gasteiger partial charge on any atom is -0.315 e. The lowest BCUT2D eigenvalue weighted by Crippen LogP contribution is -2.42. The average Bonchev–Trinajstić information content (AvgIpc) is 2.63. The number of hydrogen-bond donors (Lipinski definition) is 1. The Morgan fingerprint density at radius 3 is 2.65 bits per heavy atom. The van der Waals surface area contributed by atoms with E-state index >= 15 is 0 Å². The van der Waals surface area contributed by atoms with Gasteiger partial charge in [0.2, 0.25) is 10.0 Å². The molecule has 20 heavy (non-hydrogen) atoms. The number of nitrogens with one attached hydrogen (secondary N) is 1. The summed E-state index contributed by atoms with van der Waals surface area (Å²) in [5.41, 5.74) is 0. The van der Waals surface area contributed by atoms with Gasteiger partial charge in [-0.05, 0) is 37.9 Å². The van der Waals surface area contributed by atoms with Gasteiger partial charge >= 0.3 is 0 Å². The van der Waals surface area contributed by atoms with E-state index < -0.39 is 26.6 Å². The average molecular weight is 302 g/mol. The fourth-order valence-electron chi connectivity index (χ4n) is 3.13. The SMILES string of the molecule is O=S(=O)(c1ccc(F)cc1F)N1C2CCNCC1CC2. The first-order chi connectivity index (χ1) is 9.50. The van der Waals surface area contributed by atoms with Crippen molar-refractivity contribution < 1.29 is 17.2 Å². The molecular weight excluding hydrogens is 286 g/mol. The van der Waals surface area contributed by atoms with Gasteiger partial charge < -0.3 is 5.32 Å². The summed E-state index contributed by atoms with van der Waals surface area (Å²) in [6, 6.07) is 2.37. The number of halogens is 2. The molecule has 0 amide bonds. The zero-order valence-corrected chi connectivity index (χ0v) is 11.7. The molecule has 3 rings (SSSR count). The molecule has 1 aromatic carbocycles. The van der Waals surface area contributed by atoms with Crippen LogP contribution in [-0.4, -0.2) is 37.9 Å². The van der Waals surface area contributed by atoms with Crippen molar-refractivity contribution in [2.75, 3.05) is 13.1 Å². The molecule has 0 aromatic heterocycles. The molecule has 2 aliphatic rings. The maximum Gasteiger partial charge on any atom is 0.246 e. The van der Waals surface area contributed by atoms with E-state index in [2.05, 4.69) is 5.32 Å². The Kier molecular flexibility index (Phi) is 3.51. The summed E-state index contributed by atoms with van der Waals surface area (Å²) in [6.45, 7) is 1.34. The van der Waals surface area contributed by atoms with Crippen molar-refractivity contribution in [2.45, 2.75) is 36.2 Å². The standard InChI is InChI=1S/C13H16F2N2O2S/c14-9-1-4-13(12(15)7-9)20(18,19)17-10-2-3-11(17)8-16-6-5-10/h1,4,7,10-11,16H,2-3,5-6,8H2. The summed E-state index contributed by atoms with van der Waals surface area (Å²) in [5, 5.41) is 3.20. The number of fused-ring (bicyclic) bond motifs is 2. The van der Waals surface area contributed by atoms with E-state index in [0.717, 1.165) is 37.9 Å². The second-order valence-corrected chi connectivity index (χ2v) is 7.10. The summed E-state index contributed by atoms with van der Waals surface area (Å²) in [6.07, 6.45) is 2.30. The molecule has 2 unspecified atom stereocenters. The molecule has 4 nitrogen and oxygen atoms in total. The van der Waals surface area contributed by atoms with Crippen molar-refractivity contribution in [3.8, 4) is 0 Å². The van der Waals surface area contributed by atoms with Crippen LogP contribution < -0.4 is 5.32 Å². The van der Waals surface area contributed by atoms with Gasteiger partial charge in [0.05, 0.1) is 0 Å². The lowest BCUT2D eigenvalue weighted by atomic mass is 10.1. The van der Waals surface area contributed by atoms with Gasteiger partial charge in [-0.1, -0.05) is 0 Å². The van der Waals surface area contributed by atoms with Crippen LogP contribution in [0.1, 0.15) is 19.3 Å². The van der Waals surface area contributed by atoms with E-state index in [-0.39, 0.29) is 12.1 Å². The molecule has 2 heterocycles. The van der Waals surface area contributed by atoms with Crippen LogP contribution in [0.2, 0.25) is 0 Å². The van der Waals surface area contributed by atoms with E-state index in [4.69, 9.17) is 0 Å². The number of nitrogens with zero attached hydrogens (tertiary/aromatic N) is 1.